The fourth-order valence-corrected chi connectivity index (χ4v) is 1.82. The molecule has 3 nitrogen and oxygen atoms in total. The quantitative estimate of drug-likeness (QED) is 0.807. The van der Waals surface area contributed by atoms with E-state index in [1.54, 1.807) is 19.2 Å². The highest BCUT2D eigenvalue weighted by atomic mass is 19.1. The number of hydrogen-bond acceptors (Lipinski definition) is 2. The minimum atomic E-state index is -0.842. The number of carboxylic acid groups (broad SMARTS) is 1. The van der Waals surface area contributed by atoms with Gasteiger partial charge in [0, 0.05) is 6.04 Å². The maximum absolute atomic E-state index is 12.8. The molecule has 0 heterocycles. The molecule has 0 fully saturated rings. The normalized spacial score (nSPS) is 14.4. The summed E-state index contributed by atoms with van der Waals surface area (Å²) in [6.45, 7) is 1.83. The van der Waals surface area contributed by atoms with E-state index in [-0.39, 0.29) is 11.9 Å². The van der Waals surface area contributed by atoms with Gasteiger partial charge in [-0.15, -0.1) is 0 Å². The molecule has 0 radical (unpaired) electrons. The topological polar surface area (TPSA) is 49.3 Å². The van der Waals surface area contributed by atoms with E-state index in [0.29, 0.717) is 6.42 Å². The molecular weight excluding hydrogens is 209 g/mol. The first kappa shape index (κ1) is 12.6. The molecule has 0 saturated carbocycles. The lowest BCUT2D eigenvalue weighted by Gasteiger charge is -2.22. The summed E-state index contributed by atoms with van der Waals surface area (Å²) >= 11 is 0. The number of aliphatic carboxylic acids is 1. The van der Waals surface area contributed by atoms with Gasteiger partial charge in [-0.1, -0.05) is 19.1 Å². The van der Waals surface area contributed by atoms with Gasteiger partial charge in [-0.25, -0.2) is 4.39 Å². The van der Waals surface area contributed by atoms with Gasteiger partial charge in [0.15, 0.2) is 0 Å². The Morgan fingerprint density at radius 3 is 2.38 bits per heavy atom. The molecule has 1 rings (SSSR count). The monoisotopic (exact) mass is 225 g/mol. The van der Waals surface area contributed by atoms with Crippen LogP contribution in [0.3, 0.4) is 0 Å². The molecule has 88 valence electrons. The second-order valence-electron chi connectivity index (χ2n) is 3.67. The third-order valence-corrected chi connectivity index (χ3v) is 2.70. The number of rotatable bonds is 5. The van der Waals surface area contributed by atoms with Crippen LogP contribution < -0.4 is 5.32 Å². The van der Waals surface area contributed by atoms with E-state index in [9.17, 15) is 9.18 Å². The van der Waals surface area contributed by atoms with Gasteiger partial charge in [0.25, 0.3) is 0 Å². The zero-order valence-electron chi connectivity index (χ0n) is 9.40. The molecule has 4 heteroatoms. The van der Waals surface area contributed by atoms with E-state index in [2.05, 4.69) is 5.32 Å². The van der Waals surface area contributed by atoms with Gasteiger partial charge in [-0.05, 0) is 31.2 Å². The van der Waals surface area contributed by atoms with E-state index in [0.717, 1.165) is 5.56 Å². The molecule has 0 aromatic heterocycles. The van der Waals surface area contributed by atoms with E-state index < -0.39 is 11.9 Å². The number of halogens is 1. The zero-order valence-corrected chi connectivity index (χ0v) is 9.40. The van der Waals surface area contributed by atoms with Crippen LogP contribution in [0.2, 0.25) is 0 Å². The standard InChI is InChI=1S/C12H16FNO2/c1-3-10(12(15)16)11(14-2)8-4-6-9(13)7-5-8/h4-7,10-11,14H,3H2,1-2H3,(H,15,16). The lowest BCUT2D eigenvalue weighted by atomic mass is 9.91. The lowest BCUT2D eigenvalue weighted by Crippen LogP contribution is -2.30. The molecule has 0 aliphatic carbocycles. The molecule has 2 unspecified atom stereocenters. The summed E-state index contributed by atoms with van der Waals surface area (Å²) < 4.78 is 12.8. The summed E-state index contributed by atoms with van der Waals surface area (Å²) in [7, 11) is 1.71. The fraction of sp³-hybridized carbons (Fsp3) is 0.417. The molecule has 2 N–H and O–H groups in total. The largest absolute Gasteiger partial charge is 0.481 e. The first-order chi connectivity index (χ1) is 7.60. The molecule has 1 aromatic rings. The maximum Gasteiger partial charge on any atom is 0.308 e. The summed E-state index contributed by atoms with van der Waals surface area (Å²) in [5, 5.41) is 12.0. The van der Waals surface area contributed by atoms with Crippen molar-refractivity contribution in [1.82, 2.24) is 5.32 Å². The Kier molecular flexibility index (Phi) is 4.43. The van der Waals surface area contributed by atoms with Crippen LogP contribution in [0.15, 0.2) is 24.3 Å². The fourth-order valence-electron chi connectivity index (χ4n) is 1.82. The molecule has 0 aliphatic rings. The molecule has 0 aliphatic heterocycles. The lowest BCUT2D eigenvalue weighted by molar-refractivity contribution is -0.143. The van der Waals surface area contributed by atoms with E-state index in [1.807, 2.05) is 6.92 Å². The van der Waals surface area contributed by atoms with Crippen molar-refractivity contribution >= 4 is 5.97 Å². The highest BCUT2D eigenvalue weighted by Gasteiger charge is 2.26. The average Bonchev–Trinajstić information content (AvgIpc) is 2.26. The third kappa shape index (κ3) is 2.79. The van der Waals surface area contributed by atoms with Crippen molar-refractivity contribution in [2.75, 3.05) is 7.05 Å². The minimum Gasteiger partial charge on any atom is -0.481 e. The Morgan fingerprint density at radius 2 is 2.00 bits per heavy atom. The smallest absolute Gasteiger partial charge is 0.308 e. The first-order valence-electron chi connectivity index (χ1n) is 5.25. The van der Waals surface area contributed by atoms with Crippen LogP contribution in [0, 0.1) is 11.7 Å². The third-order valence-electron chi connectivity index (χ3n) is 2.70. The minimum absolute atomic E-state index is 0.289. The molecule has 2 atom stereocenters. The second-order valence-corrected chi connectivity index (χ2v) is 3.67. The molecular formula is C12H16FNO2. The van der Waals surface area contributed by atoms with Crippen LogP contribution in [0.5, 0.6) is 0 Å². The van der Waals surface area contributed by atoms with E-state index >= 15 is 0 Å². The van der Waals surface area contributed by atoms with Gasteiger partial charge in [0.05, 0.1) is 5.92 Å². The van der Waals surface area contributed by atoms with Gasteiger partial charge >= 0.3 is 5.97 Å². The Labute approximate surface area is 94.3 Å². The molecule has 0 amide bonds. The van der Waals surface area contributed by atoms with Crippen molar-refractivity contribution in [2.24, 2.45) is 5.92 Å². The van der Waals surface area contributed by atoms with Crippen molar-refractivity contribution in [3.63, 3.8) is 0 Å². The SMILES string of the molecule is CCC(C(=O)O)C(NC)c1ccc(F)cc1. The molecule has 1 aromatic carbocycles. The summed E-state index contributed by atoms with van der Waals surface area (Å²) in [6, 6.07) is 5.62. The van der Waals surface area contributed by atoms with Crippen molar-refractivity contribution in [3.8, 4) is 0 Å². The van der Waals surface area contributed by atoms with Crippen LogP contribution in [0.25, 0.3) is 0 Å². The van der Waals surface area contributed by atoms with Gasteiger partial charge < -0.3 is 10.4 Å². The molecule has 16 heavy (non-hydrogen) atoms. The Bertz CT molecular complexity index is 351. The zero-order chi connectivity index (χ0) is 12.1. The van der Waals surface area contributed by atoms with Crippen LogP contribution in [0.1, 0.15) is 24.9 Å². The Balaban J connectivity index is 2.96. The van der Waals surface area contributed by atoms with Crippen molar-refractivity contribution < 1.29 is 14.3 Å². The van der Waals surface area contributed by atoms with Crippen molar-refractivity contribution in [2.45, 2.75) is 19.4 Å². The Morgan fingerprint density at radius 1 is 1.44 bits per heavy atom. The van der Waals surface area contributed by atoms with Crippen LogP contribution in [0.4, 0.5) is 4.39 Å². The van der Waals surface area contributed by atoms with Crippen molar-refractivity contribution in [1.29, 1.82) is 0 Å². The summed E-state index contributed by atoms with van der Waals surface area (Å²) in [4.78, 5) is 11.1. The summed E-state index contributed by atoms with van der Waals surface area (Å²) in [6.07, 6.45) is 0.526. The predicted molar refractivity (Wildman–Crippen MR) is 59.6 cm³/mol. The van der Waals surface area contributed by atoms with Gasteiger partial charge in [0.1, 0.15) is 5.82 Å². The highest BCUT2D eigenvalue weighted by molar-refractivity contribution is 5.71. The second kappa shape index (κ2) is 5.61. The number of nitrogens with one attached hydrogen (secondary N) is 1. The van der Waals surface area contributed by atoms with E-state index in [4.69, 9.17) is 5.11 Å². The van der Waals surface area contributed by atoms with Gasteiger partial charge in [0.2, 0.25) is 0 Å². The average molecular weight is 225 g/mol. The van der Waals surface area contributed by atoms with Gasteiger partial charge in [-0.3, -0.25) is 4.79 Å². The number of benzene rings is 1. The van der Waals surface area contributed by atoms with Crippen LogP contribution >= 0.6 is 0 Å². The summed E-state index contributed by atoms with van der Waals surface area (Å²) in [5.41, 5.74) is 0.790. The molecule has 0 saturated heterocycles. The number of carbonyl (C=O) groups is 1. The first-order valence-corrected chi connectivity index (χ1v) is 5.25. The Hall–Kier alpha value is -1.42. The van der Waals surface area contributed by atoms with Gasteiger partial charge in [-0.2, -0.15) is 0 Å². The molecule has 0 spiro atoms. The highest BCUT2D eigenvalue weighted by Crippen LogP contribution is 2.24. The maximum atomic E-state index is 12.8. The predicted octanol–water partition coefficient (Wildman–Crippen LogP) is 2.20. The van der Waals surface area contributed by atoms with Crippen LogP contribution in [-0.2, 0) is 4.79 Å². The van der Waals surface area contributed by atoms with E-state index in [1.165, 1.54) is 12.1 Å². The van der Waals surface area contributed by atoms with Crippen LogP contribution in [-0.4, -0.2) is 18.1 Å². The molecule has 0 bridgehead atoms. The number of carboxylic acids is 1. The van der Waals surface area contributed by atoms with Crippen molar-refractivity contribution in [3.05, 3.63) is 35.6 Å². The summed E-state index contributed by atoms with van der Waals surface area (Å²) in [5.74, 6) is -1.66. The number of hydrogen-bond donors (Lipinski definition) is 2.